The van der Waals surface area contributed by atoms with Crippen LogP contribution in [0.15, 0.2) is 24.4 Å². The first-order valence-electron chi connectivity index (χ1n) is 7.28. The van der Waals surface area contributed by atoms with Gasteiger partial charge in [-0.15, -0.1) is 0 Å². The molecule has 1 saturated heterocycles. The van der Waals surface area contributed by atoms with Gasteiger partial charge in [-0.2, -0.15) is 0 Å². The molecule has 4 nitrogen and oxygen atoms in total. The second-order valence-corrected chi connectivity index (χ2v) is 5.72. The number of nitrogens with zero attached hydrogens (tertiary/aromatic N) is 2. The Bertz CT molecular complexity index is 598. The molecule has 1 fully saturated rings. The summed E-state index contributed by atoms with van der Waals surface area (Å²) in [4.78, 5) is 2.41. The topological polar surface area (TPSA) is 37.6 Å². The monoisotopic (exact) mass is 274 g/mol. The van der Waals surface area contributed by atoms with Crippen LogP contribution in [-0.4, -0.2) is 40.9 Å². The molecule has 20 heavy (non-hydrogen) atoms. The number of ether oxygens (including phenoxy) is 1. The standard InChI is InChI=1S/C16H22N2O2/c1-12(2)18-11-13(10-17-6-8-20-9-7-17)14-4-3-5-15(19)16(14)18/h3-5,11-12,19H,6-10H2,1-2H3. The number of para-hydroxylation sites is 1. The highest BCUT2D eigenvalue weighted by Gasteiger charge is 2.17. The van der Waals surface area contributed by atoms with Crippen LogP contribution < -0.4 is 0 Å². The summed E-state index contributed by atoms with van der Waals surface area (Å²) in [5.74, 6) is 0.365. The fourth-order valence-corrected chi connectivity index (χ4v) is 2.90. The van der Waals surface area contributed by atoms with Gasteiger partial charge in [0.15, 0.2) is 0 Å². The van der Waals surface area contributed by atoms with Crippen LogP contribution in [0.3, 0.4) is 0 Å². The van der Waals surface area contributed by atoms with Crippen molar-refractivity contribution in [1.82, 2.24) is 9.47 Å². The number of morpholine rings is 1. The van der Waals surface area contributed by atoms with E-state index in [2.05, 4.69) is 35.6 Å². The molecule has 1 aliphatic heterocycles. The normalized spacial score (nSPS) is 17.1. The number of benzene rings is 1. The molecule has 1 aromatic heterocycles. The predicted molar refractivity (Wildman–Crippen MR) is 80.1 cm³/mol. The zero-order chi connectivity index (χ0) is 14.1. The van der Waals surface area contributed by atoms with E-state index in [1.807, 2.05) is 6.07 Å². The van der Waals surface area contributed by atoms with Crippen LogP contribution in [0, 0.1) is 0 Å². The first-order chi connectivity index (χ1) is 9.66. The lowest BCUT2D eigenvalue weighted by Gasteiger charge is -2.26. The summed E-state index contributed by atoms with van der Waals surface area (Å²) in [6.07, 6.45) is 2.19. The number of aromatic hydroxyl groups is 1. The van der Waals surface area contributed by atoms with Gasteiger partial charge in [-0.3, -0.25) is 4.90 Å². The number of phenolic OH excluding ortho intramolecular Hbond substituents is 1. The van der Waals surface area contributed by atoms with Crippen LogP contribution in [0.4, 0.5) is 0 Å². The third kappa shape index (κ3) is 2.41. The van der Waals surface area contributed by atoms with Gasteiger partial charge in [0.25, 0.3) is 0 Å². The number of hydrogen-bond acceptors (Lipinski definition) is 3. The highest BCUT2D eigenvalue weighted by atomic mass is 16.5. The summed E-state index contributed by atoms with van der Waals surface area (Å²) in [7, 11) is 0. The molecule has 4 heteroatoms. The average molecular weight is 274 g/mol. The summed E-state index contributed by atoms with van der Waals surface area (Å²) in [6.45, 7) is 8.79. The van der Waals surface area contributed by atoms with E-state index in [1.165, 1.54) is 5.56 Å². The molecule has 0 radical (unpaired) electrons. The van der Waals surface area contributed by atoms with E-state index in [4.69, 9.17) is 4.74 Å². The molecule has 1 N–H and O–H groups in total. The van der Waals surface area contributed by atoms with E-state index in [9.17, 15) is 5.11 Å². The van der Waals surface area contributed by atoms with Gasteiger partial charge < -0.3 is 14.4 Å². The summed E-state index contributed by atoms with van der Waals surface area (Å²) in [6, 6.07) is 6.12. The molecule has 2 heterocycles. The van der Waals surface area contributed by atoms with E-state index >= 15 is 0 Å². The Morgan fingerprint density at radius 3 is 2.70 bits per heavy atom. The summed E-state index contributed by atoms with van der Waals surface area (Å²) in [5, 5.41) is 11.3. The molecule has 0 spiro atoms. The van der Waals surface area contributed by atoms with E-state index in [0.29, 0.717) is 11.8 Å². The molecular formula is C16H22N2O2. The minimum absolute atomic E-state index is 0.337. The van der Waals surface area contributed by atoms with Crippen molar-refractivity contribution in [3.8, 4) is 5.75 Å². The van der Waals surface area contributed by atoms with Crippen LogP contribution in [0.25, 0.3) is 10.9 Å². The molecule has 0 aliphatic carbocycles. The molecule has 108 valence electrons. The van der Waals surface area contributed by atoms with Crippen LogP contribution in [0.1, 0.15) is 25.5 Å². The molecule has 0 amide bonds. The minimum Gasteiger partial charge on any atom is -0.506 e. The van der Waals surface area contributed by atoms with Crippen molar-refractivity contribution in [3.63, 3.8) is 0 Å². The van der Waals surface area contributed by atoms with E-state index in [1.54, 1.807) is 6.07 Å². The Morgan fingerprint density at radius 1 is 1.25 bits per heavy atom. The second kappa shape index (κ2) is 5.46. The zero-order valence-corrected chi connectivity index (χ0v) is 12.2. The molecular weight excluding hydrogens is 252 g/mol. The third-order valence-corrected chi connectivity index (χ3v) is 3.97. The molecule has 0 atom stereocenters. The molecule has 2 aromatic rings. The van der Waals surface area contributed by atoms with E-state index in [0.717, 1.165) is 43.8 Å². The Labute approximate surface area is 119 Å². The van der Waals surface area contributed by atoms with Gasteiger partial charge >= 0.3 is 0 Å². The number of fused-ring (bicyclic) bond motifs is 1. The van der Waals surface area contributed by atoms with Crippen molar-refractivity contribution < 1.29 is 9.84 Å². The molecule has 0 bridgehead atoms. The highest BCUT2D eigenvalue weighted by Crippen LogP contribution is 2.32. The smallest absolute Gasteiger partial charge is 0.139 e. The molecule has 3 rings (SSSR count). The third-order valence-electron chi connectivity index (χ3n) is 3.97. The van der Waals surface area contributed by atoms with Crippen LogP contribution in [0.2, 0.25) is 0 Å². The van der Waals surface area contributed by atoms with Gasteiger partial charge in [0.1, 0.15) is 5.75 Å². The molecule has 0 unspecified atom stereocenters. The fourth-order valence-electron chi connectivity index (χ4n) is 2.90. The number of hydrogen-bond donors (Lipinski definition) is 1. The van der Waals surface area contributed by atoms with Crippen molar-refractivity contribution in [1.29, 1.82) is 0 Å². The largest absolute Gasteiger partial charge is 0.506 e. The van der Waals surface area contributed by atoms with Gasteiger partial charge in [0, 0.05) is 37.3 Å². The maximum Gasteiger partial charge on any atom is 0.139 e. The Kier molecular flexibility index (Phi) is 3.68. The number of aromatic nitrogens is 1. The minimum atomic E-state index is 0.337. The fraction of sp³-hybridized carbons (Fsp3) is 0.500. The van der Waals surface area contributed by atoms with Crippen molar-refractivity contribution in [2.24, 2.45) is 0 Å². The number of rotatable bonds is 3. The summed E-state index contributed by atoms with van der Waals surface area (Å²) in [5.41, 5.74) is 2.23. The SMILES string of the molecule is CC(C)n1cc(CN2CCOCC2)c2cccc(O)c21. The number of phenols is 1. The maximum atomic E-state index is 10.2. The summed E-state index contributed by atoms with van der Waals surface area (Å²) >= 11 is 0. The van der Waals surface area contributed by atoms with Crippen molar-refractivity contribution in [2.75, 3.05) is 26.3 Å². The van der Waals surface area contributed by atoms with Crippen molar-refractivity contribution in [3.05, 3.63) is 30.0 Å². The lowest BCUT2D eigenvalue weighted by atomic mass is 10.1. The van der Waals surface area contributed by atoms with Gasteiger partial charge in [-0.05, 0) is 25.5 Å². The molecule has 0 saturated carbocycles. The van der Waals surface area contributed by atoms with Gasteiger partial charge in [0.2, 0.25) is 0 Å². The first-order valence-corrected chi connectivity index (χ1v) is 7.28. The lowest BCUT2D eigenvalue weighted by Crippen LogP contribution is -2.35. The molecule has 1 aromatic carbocycles. The Balaban J connectivity index is 2.00. The van der Waals surface area contributed by atoms with Crippen LogP contribution in [-0.2, 0) is 11.3 Å². The Hall–Kier alpha value is -1.52. The molecule has 1 aliphatic rings. The quantitative estimate of drug-likeness (QED) is 0.935. The lowest BCUT2D eigenvalue weighted by molar-refractivity contribution is 0.0343. The highest BCUT2D eigenvalue weighted by molar-refractivity contribution is 5.89. The first kappa shape index (κ1) is 13.5. The average Bonchev–Trinajstić information content (AvgIpc) is 2.81. The predicted octanol–water partition coefficient (Wildman–Crippen LogP) is 2.76. The van der Waals surface area contributed by atoms with Gasteiger partial charge in [-0.1, -0.05) is 12.1 Å². The van der Waals surface area contributed by atoms with Gasteiger partial charge in [0.05, 0.1) is 18.7 Å². The van der Waals surface area contributed by atoms with Crippen molar-refractivity contribution >= 4 is 10.9 Å². The van der Waals surface area contributed by atoms with Crippen molar-refractivity contribution in [2.45, 2.75) is 26.4 Å². The summed E-state index contributed by atoms with van der Waals surface area (Å²) < 4.78 is 7.57. The van der Waals surface area contributed by atoms with Crippen LogP contribution >= 0.6 is 0 Å². The second-order valence-electron chi connectivity index (χ2n) is 5.72. The van der Waals surface area contributed by atoms with Gasteiger partial charge in [-0.25, -0.2) is 0 Å². The Morgan fingerprint density at radius 2 is 2.00 bits per heavy atom. The maximum absolute atomic E-state index is 10.2. The zero-order valence-electron chi connectivity index (χ0n) is 12.2. The van der Waals surface area contributed by atoms with Crippen LogP contribution in [0.5, 0.6) is 5.75 Å². The van der Waals surface area contributed by atoms with E-state index < -0.39 is 0 Å². The van der Waals surface area contributed by atoms with E-state index in [-0.39, 0.29) is 0 Å².